The molecule has 1 aliphatic heterocycles. The molecular formula is C31H43N3O6S. The summed E-state index contributed by atoms with van der Waals surface area (Å²) in [5, 5.41) is 0. The Kier molecular flexibility index (Phi) is 13.0. The number of hydroxylamine groups is 1. The highest BCUT2D eigenvalue weighted by Gasteiger charge is 2.36. The Bertz CT molecular complexity index is 1210. The molecule has 1 fully saturated rings. The molecule has 3 rings (SSSR count). The first kappa shape index (κ1) is 32.5. The molecule has 41 heavy (non-hydrogen) atoms. The van der Waals surface area contributed by atoms with E-state index < -0.39 is 40.0 Å². The highest BCUT2D eigenvalue weighted by Crippen LogP contribution is 2.26. The number of nitrogens with one attached hydrogen (secondary N) is 2. The Labute approximate surface area is 244 Å². The summed E-state index contributed by atoms with van der Waals surface area (Å²) in [6.07, 6.45) is 6.39. The normalized spacial score (nSPS) is 17.4. The lowest BCUT2D eigenvalue weighted by Gasteiger charge is -2.30. The lowest BCUT2D eigenvalue weighted by atomic mass is 9.82. The molecule has 0 aliphatic carbocycles. The van der Waals surface area contributed by atoms with Gasteiger partial charge in [0.05, 0.1) is 24.1 Å². The number of hydrogen-bond acceptors (Lipinski definition) is 6. The van der Waals surface area contributed by atoms with Gasteiger partial charge in [-0.3, -0.25) is 15.0 Å². The summed E-state index contributed by atoms with van der Waals surface area (Å²) in [6.45, 7) is 5.99. The topological polar surface area (TPSA) is 114 Å². The van der Waals surface area contributed by atoms with Crippen LogP contribution in [-0.2, 0) is 35.7 Å². The molecule has 0 spiro atoms. The number of amides is 2. The number of hydrogen-bond donors (Lipinski definition) is 2. The van der Waals surface area contributed by atoms with Crippen molar-refractivity contribution in [1.29, 1.82) is 0 Å². The molecule has 0 radical (unpaired) electrons. The number of carbonyl (C=O) groups excluding carboxylic acids is 2. The van der Waals surface area contributed by atoms with Crippen LogP contribution in [0.5, 0.6) is 0 Å². The average Bonchev–Trinajstić information content (AvgIpc) is 2.98. The zero-order valence-electron chi connectivity index (χ0n) is 24.2. The number of hydrazine groups is 1. The second-order valence-electron chi connectivity index (χ2n) is 10.6. The van der Waals surface area contributed by atoms with E-state index in [1.807, 2.05) is 74.5 Å². The Morgan fingerprint density at radius 3 is 2.32 bits per heavy atom. The fourth-order valence-corrected chi connectivity index (χ4v) is 5.54. The average molecular weight is 586 g/mol. The van der Waals surface area contributed by atoms with E-state index in [4.69, 9.17) is 9.57 Å². The van der Waals surface area contributed by atoms with Crippen LogP contribution in [0.3, 0.4) is 0 Å². The number of ether oxygens (including phenoxy) is 1. The first-order valence-corrected chi connectivity index (χ1v) is 15.9. The van der Waals surface area contributed by atoms with Crippen molar-refractivity contribution < 1.29 is 27.6 Å². The first-order chi connectivity index (χ1) is 19.7. The first-order valence-electron chi connectivity index (χ1n) is 14.3. The van der Waals surface area contributed by atoms with Crippen LogP contribution in [0.15, 0.2) is 66.7 Å². The fourth-order valence-electron chi connectivity index (χ4n) is 4.65. The Hall–Kier alpha value is -3.05. The van der Waals surface area contributed by atoms with E-state index in [0.29, 0.717) is 19.4 Å². The zero-order valence-corrected chi connectivity index (χ0v) is 25.0. The van der Waals surface area contributed by atoms with Crippen molar-refractivity contribution in [3.63, 3.8) is 0 Å². The number of sulfonamides is 1. The third kappa shape index (κ3) is 10.7. The van der Waals surface area contributed by atoms with Crippen LogP contribution in [-0.4, -0.2) is 43.3 Å². The van der Waals surface area contributed by atoms with Gasteiger partial charge in [-0.2, -0.15) is 0 Å². The number of rotatable bonds is 15. The van der Waals surface area contributed by atoms with E-state index in [1.54, 1.807) is 12.1 Å². The summed E-state index contributed by atoms with van der Waals surface area (Å²) >= 11 is 0. The molecular weight excluding hydrogens is 542 g/mol. The van der Waals surface area contributed by atoms with Gasteiger partial charge in [0.2, 0.25) is 21.8 Å². The minimum absolute atomic E-state index is 0.0238. The summed E-state index contributed by atoms with van der Waals surface area (Å²) < 4.78 is 32.5. The maximum Gasteiger partial charge on any atom is 0.247 e. The Morgan fingerprint density at radius 2 is 1.71 bits per heavy atom. The van der Waals surface area contributed by atoms with Crippen LogP contribution < -0.4 is 10.9 Å². The van der Waals surface area contributed by atoms with Crippen molar-refractivity contribution in [2.75, 3.05) is 12.4 Å². The number of nitrogens with zero attached hydrogens (tertiary/aromatic N) is 1. The minimum Gasteiger partial charge on any atom is -0.350 e. The lowest BCUT2D eigenvalue weighted by Crippen LogP contribution is -2.51. The monoisotopic (exact) mass is 585 g/mol. The molecule has 0 saturated carbocycles. The standard InChI is InChI=1S/C31H43N3O6S/c1-4-41(37,38)34(23-26-16-9-6-10-17-26)32-30(35)28(22-24(2)3)27(19-13-18-25-14-7-5-8-15-25)31(36)33-40-29-20-11-12-21-39-29/h5-10,13-18,24,27-29H,4,11-12,19-23H2,1-3H3,(H,32,35)(H,33,36)/t27-,28+,29?/m0/s1. The lowest BCUT2D eigenvalue weighted by molar-refractivity contribution is -0.203. The molecule has 1 heterocycles. The highest BCUT2D eigenvalue weighted by atomic mass is 32.2. The number of allylic oxidation sites excluding steroid dienone is 1. The molecule has 2 amide bonds. The molecule has 2 aromatic rings. The predicted octanol–water partition coefficient (Wildman–Crippen LogP) is 4.83. The van der Waals surface area contributed by atoms with E-state index in [0.717, 1.165) is 28.4 Å². The van der Waals surface area contributed by atoms with E-state index in [-0.39, 0.29) is 24.6 Å². The third-order valence-corrected chi connectivity index (χ3v) is 8.54. The summed E-state index contributed by atoms with van der Waals surface area (Å²) in [5.74, 6) is -2.75. The quantitative estimate of drug-likeness (QED) is 0.290. The zero-order chi connectivity index (χ0) is 29.7. The van der Waals surface area contributed by atoms with Crippen LogP contribution >= 0.6 is 0 Å². The van der Waals surface area contributed by atoms with Crippen molar-refractivity contribution in [1.82, 2.24) is 15.3 Å². The van der Waals surface area contributed by atoms with E-state index in [1.165, 1.54) is 6.92 Å². The van der Waals surface area contributed by atoms with Gasteiger partial charge in [0.1, 0.15) is 0 Å². The molecule has 0 bridgehead atoms. The molecule has 2 N–H and O–H groups in total. The Morgan fingerprint density at radius 1 is 1.02 bits per heavy atom. The molecule has 10 heteroatoms. The van der Waals surface area contributed by atoms with Gasteiger partial charge in [0, 0.05) is 13.0 Å². The smallest absolute Gasteiger partial charge is 0.247 e. The number of carbonyl (C=O) groups is 2. The van der Waals surface area contributed by atoms with Gasteiger partial charge >= 0.3 is 0 Å². The molecule has 1 unspecified atom stereocenters. The maximum atomic E-state index is 13.8. The van der Waals surface area contributed by atoms with Crippen molar-refractivity contribution in [3.05, 3.63) is 77.9 Å². The Balaban J connectivity index is 1.85. The van der Waals surface area contributed by atoms with Gasteiger partial charge in [-0.25, -0.2) is 18.7 Å². The van der Waals surface area contributed by atoms with Crippen LogP contribution in [0.25, 0.3) is 6.08 Å². The molecule has 9 nitrogen and oxygen atoms in total. The fraction of sp³-hybridized carbons (Fsp3) is 0.484. The summed E-state index contributed by atoms with van der Waals surface area (Å²) in [7, 11) is -3.79. The van der Waals surface area contributed by atoms with Crippen molar-refractivity contribution in [3.8, 4) is 0 Å². The molecule has 1 saturated heterocycles. The summed E-state index contributed by atoms with van der Waals surface area (Å²) in [6, 6.07) is 18.7. The van der Waals surface area contributed by atoms with Gasteiger partial charge in [-0.05, 0) is 49.7 Å². The summed E-state index contributed by atoms with van der Waals surface area (Å²) in [4.78, 5) is 33.0. The van der Waals surface area contributed by atoms with Crippen LogP contribution in [0.4, 0.5) is 0 Å². The molecule has 2 aromatic carbocycles. The van der Waals surface area contributed by atoms with Gasteiger partial charge in [0.25, 0.3) is 0 Å². The van der Waals surface area contributed by atoms with Crippen LogP contribution in [0.2, 0.25) is 0 Å². The van der Waals surface area contributed by atoms with E-state index >= 15 is 0 Å². The van der Waals surface area contributed by atoms with Crippen LogP contribution in [0.1, 0.15) is 64.0 Å². The van der Waals surface area contributed by atoms with Gasteiger partial charge in [-0.15, -0.1) is 4.41 Å². The molecule has 1 aliphatic rings. The highest BCUT2D eigenvalue weighted by molar-refractivity contribution is 7.89. The minimum atomic E-state index is -3.79. The van der Waals surface area contributed by atoms with Crippen LogP contribution in [0, 0.1) is 17.8 Å². The van der Waals surface area contributed by atoms with Gasteiger partial charge in [-0.1, -0.05) is 86.7 Å². The largest absolute Gasteiger partial charge is 0.350 e. The SMILES string of the molecule is CCS(=O)(=O)N(Cc1ccccc1)NC(=O)[C@H](CC(C)C)[C@H](CC=Cc1ccccc1)C(=O)NOC1CCCCO1. The molecule has 224 valence electrons. The van der Waals surface area contributed by atoms with Gasteiger partial charge in [0.15, 0.2) is 6.29 Å². The second-order valence-corrected chi connectivity index (χ2v) is 12.8. The van der Waals surface area contributed by atoms with E-state index in [2.05, 4.69) is 10.9 Å². The third-order valence-electron chi connectivity index (χ3n) is 6.92. The predicted molar refractivity (Wildman–Crippen MR) is 159 cm³/mol. The second kappa shape index (κ2) is 16.4. The van der Waals surface area contributed by atoms with Crippen molar-refractivity contribution >= 4 is 27.9 Å². The number of benzene rings is 2. The molecule has 3 atom stereocenters. The molecule has 0 aromatic heterocycles. The van der Waals surface area contributed by atoms with E-state index in [9.17, 15) is 18.0 Å². The van der Waals surface area contributed by atoms with Gasteiger partial charge < -0.3 is 4.74 Å². The maximum absolute atomic E-state index is 13.8. The summed E-state index contributed by atoms with van der Waals surface area (Å²) in [5.41, 5.74) is 6.87. The van der Waals surface area contributed by atoms with Crippen molar-refractivity contribution in [2.24, 2.45) is 17.8 Å². The van der Waals surface area contributed by atoms with Crippen molar-refractivity contribution in [2.45, 2.75) is 65.7 Å².